The summed E-state index contributed by atoms with van der Waals surface area (Å²) in [5.41, 5.74) is 9.09. The highest BCUT2D eigenvalue weighted by Gasteiger charge is 2.44. The molecule has 7 rings (SSSR count). The third kappa shape index (κ3) is 12.9. The van der Waals surface area contributed by atoms with Crippen LogP contribution in [0.3, 0.4) is 0 Å². The zero-order chi connectivity index (χ0) is 49.2. The topological polar surface area (TPSA) is 194 Å². The molecule has 4 atom stereocenters. The van der Waals surface area contributed by atoms with Gasteiger partial charge >= 0.3 is 0 Å². The number of likely N-dealkylation sites (tertiary alicyclic amines) is 1. The number of fused-ring (bicyclic) bond motifs is 1. The van der Waals surface area contributed by atoms with Gasteiger partial charge in [0.25, 0.3) is 0 Å². The minimum absolute atomic E-state index is 0.0247. The normalized spacial score (nSPS) is 15.8. The van der Waals surface area contributed by atoms with Crippen LogP contribution in [0.25, 0.3) is 32.6 Å². The lowest BCUT2D eigenvalue weighted by molar-refractivity contribution is -0.144. The average molecular weight is 962 g/mol. The molecule has 69 heavy (non-hydrogen) atoms. The number of amides is 3. The fourth-order valence-corrected chi connectivity index (χ4v) is 9.39. The molecular weight excluding hydrogens is 899 g/mol. The first-order valence-corrected chi connectivity index (χ1v) is 24.1. The standard InChI is InChI=1S/C53H63N5O10S/c1-33-44-27-41(60)17-20-45(44)57(48(33)38-13-15-40(59)16-14-38)29-36-7-18-43(19-8-36)68-26-25-66-22-21-65-23-24-67-31-47(62)56-50(53(4,5)6)52(64)58-30-42(61)28-46(58)51(63)55-34(2)37-9-11-39(12-10-37)49-35(3)54-32-69-49/h7-20,27,32,34,42,46,50,59-61H,21-26,28-31H2,1-6H3,(H,55,63)(H,56,62)/t34?,42-,46+,50?/m1/s1. The summed E-state index contributed by atoms with van der Waals surface area (Å²) >= 11 is 1.57. The summed E-state index contributed by atoms with van der Waals surface area (Å²) in [4.78, 5) is 47.5. The quantitative estimate of drug-likeness (QED) is 0.0455. The molecule has 1 saturated heterocycles. The molecule has 2 aromatic heterocycles. The van der Waals surface area contributed by atoms with Gasteiger partial charge in [-0.15, -0.1) is 11.3 Å². The van der Waals surface area contributed by atoms with E-state index in [4.69, 9.17) is 18.9 Å². The van der Waals surface area contributed by atoms with Crippen LogP contribution >= 0.6 is 11.3 Å². The number of carbonyl (C=O) groups is 3. The lowest BCUT2D eigenvalue weighted by Gasteiger charge is -2.35. The van der Waals surface area contributed by atoms with E-state index in [1.54, 1.807) is 35.6 Å². The van der Waals surface area contributed by atoms with Gasteiger partial charge in [0.1, 0.15) is 42.5 Å². The van der Waals surface area contributed by atoms with Crippen LogP contribution in [0.15, 0.2) is 96.5 Å². The van der Waals surface area contributed by atoms with Gasteiger partial charge in [0.05, 0.1) is 67.0 Å². The number of aliphatic hydroxyl groups excluding tert-OH is 1. The van der Waals surface area contributed by atoms with Crippen LogP contribution in [0.2, 0.25) is 0 Å². The van der Waals surface area contributed by atoms with Gasteiger partial charge in [0.2, 0.25) is 17.7 Å². The van der Waals surface area contributed by atoms with Crippen molar-refractivity contribution < 1.29 is 48.7 Å². The van der Waals surface area contributed by atoms with Gasteiger partial charge in [-0.1, -0.05) is 57.2 Å². The van der Waals surface area contributed by atoms with Crippen LogP contribution in [0.5, 0.6) is 17.2 Å². The molecule has 15 nitrogen and oxygen atoms in total. The Kier molecular flexibility index (Phi) is 16.8. The smallest absolute Gasteiger partial charge is 0.246 e. The Labute approximate surface area is 407 Å². The number of hydrogen-bond acceptors (Lipinski definition) is 12. The molecule has 1 aliphatic rings. The molecule has 2 unspecified atom stereocenters. The molecule has 4 aromatic carbocycles. The average Bonchev–Trinajstić information content (AvgIpc) is 4.02. The summed E-state index contributed by atoms with van der Waals surface area (Å²) in [6.07, 6.45) is -0.796. The van der Waals surface area contributed by atoms with E-state index < -0.39 is 35.4 Å². The monoisotopic (exact) mass is 961 g/mol. The van der Waals surface area contributed by atoms with Crippen molar-refractivity contribution >= 4 is 40.0 Å². The Morgan fingerprint density at radius 3 is 2.10 bits per heavy atom. The second-order valence-electron chi connectivity index (χ2n) is 18.5. The predicted octanol–water partition coefficient (Wildman–Crippen LogP) is 7.31. The largest absolute Gasteiger partial charge is 0.508 e. The molecule has 0 bridgehead atoms. The van der Waals surface area contributed by atoms with Gasteiger partial charge in [-0.05, 0) is 109 Å². The molecule has 3 heterocycles. The second kappa shape index (κ2) is 22.9. The lowest BCUT2D eigenvalue weighted by atomic mass is 9.85. The number of carbonyl (C=O) groups excluding carboxylic acids is 3. The number of ether oxygens (including phenoxy) is 4. The Bertz CT molecular complexity index is 2680. The first-order chi connectivity index (χ1) is 33.1. The van der Waals surface area contributed by atoms with E-state index in [1.807, 2.05) is 114 Å². The highest BCUT2D eigenvalue weighted by atomic mass is 32.1. The van der Waals surface area contributed by atoms with Gasteiger partial charge in [-0.25, -0.2) is 4.98 Å². The molecule has 0 spiro atoms. The molecule has 6 aromatic rings. The summed E-state index contributed by atoms with van der Waals surface area (Å²) in [5.74, 6) is -0.196. The SMILES string of the molecule is Cc1ncsc1-c1ccc(C(C)NC(=O)[C@@H]2C[C@@H](O)CN2C(=O)C(NC(=O)COCCOCCOCCOc2ccc(Cn3c(-c4ccc(O)cc4)c(C)c4cc(O)ccc43)cc2)C(C)(C)C)cc1. The number of phenols is 2. The molecule has 3 amide bonds. The third-order valence-corrected chi connectivity index (χ3v) is 13.2. The third-order valence-electron chi connectivity index (χ3n) is 12.2. The highest BCUT2D eigenvalue weighted by molar-refractivity contribution is 7.13. The van der Waals surface area contributed by atoms with Gasteiger partial charge in [-0.3, -0.25) is 14.4 Å². The number of aromatic hydroxyl groups is 2. The molecule has 16 heteroatoms. The van der Waals surface area contributed by atoms with Gasteiger partial charge in [0.15, 0.2) is 0 Å². The maximum Gasteiger partial charge on any atom is 0.246 e. The van der Waals surface area contributed by atoms with Crippen LogP contribution in [-0.4, -0.2) is 118 Å². The van der Waals surface area contributed by atoms with E-state index >= 15 is 0 Å². The molecular formula is C53H63N5O10S. The number of nitrogens with zero attached hydrogens (tertiary/aromatic N) is 3. The van der Waals surface area contributed by atoms with Crippen molar-refractivity contribution in [1.82, 2.24) is 25.1 Å². The van der Waals surface area contributed by atoms with Crippen molar-refractivity contribution in [2.75, 3.05) is 52.8 Å². The van der Waals surface area contributed by atoms with Gasteiger partial charge < -0.3 is 54.4 Å². The highest BCUT2D eigenvalue weighted by Crippen LogP contribution is 2.37. The number of aromatic nitrogens is 2. The summed E-state index contributed by atoms with van der Waals surface area (Å²) < 4.78 is 25.0. The minimum atomic E-state index is -0.976. The van der Waals surface area contributed by atoms with Crippen LogP contribution in [0.1, 0.15) is 62.5 Å². The number of β-amino-alcohol motifs (C(OH)–C–C–N with tert-alkyl or cyclic N) is 1. The number of nitrogens with one attached hydrogen (secondary N) is 2. The Morgan fingerprint density at radius 2 is 1.45 bits per heavy atom. The number of aryl methyl sites for hydroxylation is 2. The summed E-state index contributed by atoms with van der Waals surface area (Å²) in [6, 6.07) is 26.1. The van der Waals surface area contributed by atoms with Crippen molar-refractivity contribution in [3.63, 3.8) is 0 Å². The number of phenolic OH excluding ortho intramolecular Hbond substituents is 2. The summed E-state index contributed by atoms with van der Waals surface area (Å²) in [6.45, 7) is 13.4. The van der Waals surface area contributed by atoms with Crippen molar-refractivity contribution in [1.29, 1.82) is 0 Å². The van der Waals surface area contributed by atoms with E-state index in [0.29, 0.717) is 38.7 Å². The maximum absolute atomic E-state index is 14.0. The van der Waals surface area contributed by atoms with Gasteiger partial charge in [0, 0.05) is 30.4 Å². The number of hydrogen-bond donors (Lipinski definition) is 5. The zero-order valence-corrected chi connectivity index (χ0v) is 40.9. The number of benzene rings is 4. The van der Waals surface area contributed by atoms with Gasteiger partial charge in [-0.2, -0.15) is 0 Å². The van der Waals surface area contributed by atoms with Crippen molar-refractivity contribution in [2.24, 2.45) is 5.41 Å². The zero-order valence-electron chi connectivity index (χ0n) is 40.1. The number of aliphatic hydroxyl groups is 1. The van der Waals surface area contributed by atoms with E-state index in [0.717, 1.165) is 55.0 Å². The van der Waals surface area contributed by atoms with Crippen LogP contribution in [0.4, 0.5) is 0 Å². The van der Waals surface area contributed by atoms with Crippen LogP contribution in [0, 0.1) is 19.3 Å². The summed E-state index contributed by atoms with van der Waals surface area (Å²) in [5, 5.41) is 37.5. The molecule has 1 fully saturated rings. The Balaban J connectivity index is 0.785. The Hall–Kier alpha value is -6.30. The van der Waals surface area contributed by atoms with E-state index in [2.05, 4.69) is 20.2 Å². The minimum Gasteiger partial charge on any atom is -0.508 e. The van der Waals surface area contributed by atoms with Crippen molar-refractivity contribution in [3.05, 3.63) is 119 Å². The molecule has 0 radical (unpaired) electrons. The Morgan fingerprint density at radius 1 is 0.812 bits per heavy atom. The van der Waals surface area contributed by atoms with E-state index in [9.17, 15) is 29.7 Å². The first kappa shape index (κ1) is 50.6. The molecule has 0 aliphatic carbocycles. The van der Waals surface area contributed by atoms with E-state index in [1.165, 1.54) is 4.90 Å². The lowest BCUT2D eigenvalue weighted by Crippen LogP contribution is -2.58. The van der Waals surface area contributed by atoms with E-state index in [-0.39, 0.29) is 56.2 Å². The molecule has 1 aliphatic heterocycles. The van der Waals surface area contributed by atoms with Crippen molar-refractivity contribution in [3.8, 4) is 38.9 Å². The molecule has 366 valence electrons. The summed E-state index contributed by atoms with van der Waals surface area (Å²) in [7, 11) is 0. The number of rotatable bonds is 21. The fourth-order valence-electron chi connectivity index (χ4n) is 8.58. The fraction of sp³-hybridized carbons (Fsp3) is 0.396. The number of thiazole rings is 1. The molecule has 0 saturated carbocycles. The van der Waals surface area contributed by atoms with Crippen LogP contribution in [-0.2, 0) is 35.1 Å². The predicted molar refractivity (Wildman–Crippen MR) is 265 cm³/mol. The van der Waals surface area contributed by atoms with Crippen molar-refractivity contribution in [2.45, 2.75) is 78.7 Å². The van der Waals surface area contributed by atoms with Crippen LogP contribution < -0.4 is 15.4 Å². The second-order valence-corrected chi connectivity index (χ2v) is 19.3. The first-order valence-electron chi connectivity index (χ1n) is 23.2. The molecule has 5 N–H and O–H groups in total. The maximum atomic E-state index is 14.0.